The fraction of sp³-hybridized carbons (Fsp3) is 0. The second-order valence-electron chi connectivity index (χ2n) is 5.15. The van der Waals surface area contributed by atoms with Gasteiger partial charge in [-0.25, -0.2) is 27.2 Å². The molecule has 2 N–H and O–H groups in total. The van der Waals surface area contributed by atoms with Crippen LogP contribution in [0.3, 0.4) is 0 Å². The van der Waals surface area contributed by atoms with Gasteiger partial charge in [0.1, 0.15) is 9.79 Å². The molecule has 156 valence electrons. The molecule has 0 aliphatic rings. The van der Waals surface area contributed by atoms with Crippen LogP contribution in [0.2, 0.25) is 0 Å². The fourth-order valence-corrected chi connectivity index (χ4v) is 3.34. The molecule has 0 bridgehead atoms. The summed E-state index contributed by atoms with van der Waals surface area (Å²) >= 11 is 0. The predicted molar refractivity (Wildman–Crippen MR) is 82.1 cm³/mol. The van der Waals surface area contributed by atoms with Crippen LogP contribution in [-0.4, -0.2) is 37.9 Å². The maximum Gasteiger partial charge on any atom is 0.347 e. The van der Waals surface area contributed by atoms with Crippen LogP contribution in [0.5, 0.6) is 0 Å². The summed E-state index contributed by atoms with van der Waals surface area (Å²) in [7, 11) is -10.7. The first-order valence-electron chi connectivity index (χ1n) is 6.82. The van der Waals surface area contributed by atoms with Gasteiger partial charge in [-0.15, -0.1) is 0 Å². The Balaban J connectivity index is 2.55. The highest BCUT2D eigenvalue weighted by molar-refractivity contribution is 7.86. The molecule has 2 rings (SSSR count). The highest BCUT2D eigenvalue weighted by Gasteiger charge is 2.30. The SMILES string of the molecule is O=C(OC(=O)c1cc(F)c(F)cc1S(=O)(=O)O)c1cc(F)c(F)cc1S(=O)(=O)O. The molecule has 2 aromatic rings. The Bertz CT molecular complexity index is 1160. The van der Waals surface area contributed by atoms with Crippen molar-refractivity contribution in [2.75, 3.05) is 0 Å². The third kappa shape index (κ3) is 4.76. The number of ether oxygens (including phenoxy) is 1. The van der Waals surface area contributed by atoms with E-state index < -0.39 is 76.4 Å². The molecule has 0 aromatic heterocycles. The molecule has 29 heavy (non-hydrogen) atoms. The standard InChI is InChI=1S/C14H6F4O9S2/c15-7-1-5(11(3-9(7)17)28(21,22)23)13(19)27-14(20)6-2-8(16)10(18)4-12(6)29(24,25)26/h1-4H,(H,21,22,23)(H,24,25,26). The molecular weight excluding hydrogens is 452 g/mol. The number of carbonyl (C=O) groups excluding carboxylic acids is 2. The summed E-state index contributed by atoms with van der Waals surface area (Å²) in [5.41, 5.74) is -2.76. The topological polar surface area (TPSA) is 152 Å². The lowest BCUT2D eigenvalue weighted by Crippen LogP contribution is -2.19. The van der Waals surface area contributed by atoms with Crippen LogP contribution in [0.4, 0.5) is 17.6 Å². The van der Waals surface area contributed by atoms with E-state index in [0.29, 0.717) is 0 Å². The van der Waals surface area contributed by atoms with Crippen molar-refractivity contribution in [3.8, 4) is 0 Å². The molecule has 2 aromatic carbocycles. The third-order valence-corrected chi connectivity index (χ3v) is 5.01. The summed E-state index contributed by atoms with van der Waals surface area (Å²) < 4.78 is 120. The van der Waals surface area contributed by atoms with Crippen LogP contribution in [0, 0.1) is 23.3 Å². The molecule has 0 spiro atoms. The molecule has 0 saturated carbocycles. The Morgan fingerprint density at radius 1 is 0.655 bits per heavy atom. The zero-order valence-corrected chi connectivity index (χ0v) is 15.0. The monoisotopic (exact) mass is 458 g/mol. The van der Waals surface area contributed by atoms with E-state index in [0.717, 1.165) is 0 Å². The molecule has 0 amide bonds. The molecule has 0 saturated heterocycles. The normalized spacial score (nSPS) is 11.9. The molecule has 0 heterocycles. The van der Waals surface area contributed by atoms with Gasteiger partial charge in [-0.3, -0.25) is 9.11 Å². The van der Waals surface area contributed by atoms with Gasteiger partial charge in [0.05, 0.1) is 11.1 Å². The average Bonchev–Trinajstić information content (AvgIpc) is 2.56. The zero-order valence-electron chi connectivity index (χ0n) is 13.4. The minimum absolute atomic E-state index is 0.0526. The predicted octanol–water partition coefficient (Wildman–Crippen LogP) is 1.73. The van der Waals surface area contributed by atoms with Crippen molar-refractivity contribution in [3.05, 3.63) is 58.7 Å². The first-order valence-corrected chi connectivity index (χ1v) is 9.70. The number of hydrogen-bond donors (Lipinski definition) is 2. The van der Waals surface area contributed by atoms with Crippen LogP contribution in [0.15, 0.2) is 34.1 Å². The molecule has 0 fully saturated rings. The van der Waals surface area contributed by atoms with E-state index in [1.54, 1.807) is 0 Å². The molecule has 0 unspecified atom stereocenters. The van der Waals surface area contributed by atoms with E-state index in [1.165, 1.54) is 0 Å². The fourth-order valence-electron chi connectivity index (χ4n) is 2.00. The van der Waals surface area contributed by atoms with E-state index in [-0.39, 0.29) is 24.3 Å². The minimum Gasteiger partial charge on any atom is -0.386 e. The van der Waals surface area contributed by atoms with Gasteiger partial charge in [0, 0.05) is 0 Å². The summed E-state index contributed by atoms with van der Waals surface area (Å²) in [6, 6.07) is -0.314. The van der Waals surface area contributed by atoms with Crippen molar-refractivity contribution in [2.24, 2.45) is 0 Å². The summed E-state index contributed by atoms with van der Waals surface area (Å²) in [5.74, 6) is -11.2. The lowest BCUT2D eigenvalue weighted by Gasteiger charge is -2.10. The van der Waals surface area contributed by atoms with E-state index in [9.17, 15) is 44.0 Å². The van der Waals surface area contributed by atoms with Crippen molar-refractivity contribution in [3.63, 3.8) is 0 Å². The van der Waals surface area contributed by atoms with Crippen LogP contribution in [0.25, 0.3) is 0 Å². The third-order valence-electron chi connectivity index (χ3n) is 3.23. The van der Waals surface area contributed by atoms with E-state index in [4.69, 9.17) is 9.11 Å². The Morgan fingerprint density at radius 2 is 0.931 bits per heavy atom. The minimum atomic E-state index is -5.33. The van der Waals surface area contributed by atoms with Gasteiger partial charge >= 0.3 is 11.9 Å². The van der Waals surface area contributed by atoms with Crippen LogP contribution >= 0.6 is 0 Å². The largest absolute Gasteiger partial charge is 0.386 e. The Hall–Kier alpha value is -2.88. The number of esters is 2. The molecule has 15 heteroatoms. The number of benzene rings is 2. The zero-order chi connectivity index (χ0) is 22.3. The summed E-state index contributed by atoms with van der Waals surface area (Å²) in [6.45, 7) is 0. The Morgan fingerprint density at radius 3 is 1.21 bits per heavy atom. The number of carbonyl (C=O) groups is 2. The summed E-state index contributed by atoms with van der Waals surface area (Å²) in [5, 5.41) is 0. The van der Waals surface area contributed by atoms with Gasteiger partial charge in [0.2, 0.25) is 0 Å². The van der Waals surface area contributed by atoms with Gasteiger partial charge in [0.15, 0.2) is 23.3 Å². The lowest BCUT2D eigenvalue weighted by molar-refractivity contribution is 0.0390. The number of hydrogen-bond acceptors (Lipinski definition) is 7. The van der Waals surface area contributed by atoms with Gasteiger partial charge in [-0.1, -0.05) is 0 Å². The maximum atomic E-state index is 13.3. The smallest absolute Gasteiger partial charge is 0.347 e. The van der Waals surface area contributed by atoms with Crippen LogP contribution < -0.4 is 0 Å². The quantitative estimate of drug-likeness (QED) is 0.302. The lowest BCUT2D eigenvalue weighted by atomic mass is 10.2. The first kappa shape index (κ1) is 22.4. The van der Waals surface area contributed by atoms with E-state index >= 15 is 0 Å². The van der Waals surface area contributed by atoms with Gasteiger partial charge < -0.3 is 4.74 Å². The average molecular weight is 458 g/mol. The van der Waals surface area contributed by atoms with Crippen molar-refractivity contribution in [1.82, 2.24) is 0 Å². The molecule has 9 nitrogen and oxygen atoms in total. The maximum absolute atomic E-state index is 13.3. The number of rotatable bonds is 4. The summed E-state index contributed by atoms with van der Waals surface area (Å²) in [6.07, 6.45) is 0. The van der Waals surface area contributed by atoms with E-state index in [1.807, 2.05) is 0 Å². The highest BCUT2D eigenvalue weighted by Crippen LogP contribution is 2.24. The van der Waals surface area contributed by atoms with Gasteiger partial charge in [0.25, 0.3) is 20.2 Å². The van der Waals surface area contributed by atoms with Crippen molar-refractivity contribution in [2.45, 2.75) is 9.79 Å². The molecule has 0 atom stereocenters. The van der Waals surface area contributed by atoms with Crippen LogP contribution in [0.1, 0.15) is 20.7 Å². The van der Waals surface area contributed by atoms with Crippen molar-refractivity contribution < 1.29 is 57.8 Å². The van der Waals surface area contributed by atoms with E-state index in [2.05, 4.69) is 4.74 Å². The second kappa shape index (κ2) is 7.51. The van der Waals surface area contributed by atoms with Crippen LogP contribution in [-0.2, 0) is 25.0 Å². The Kier molecular flexibility index (Phi) is 5.80. The first-order chi connectivity index (χ1) is 13.1. The molecule has 0 aliphatic heterocycles. The second-order valence-corrected chi connectivity index (χ2v) is 7.93. The Labute approximate surface area is 159 Å². The van der Waals surface area contributed by atoms with Crippen molar-refractivity contribution in [1.29, 1.82) is 0 Å². The van der Waals surface area contributed by atoms with Gasteiger partial charge in [-0.05, 0) is 24.3 Å². The van der Waals surface area contributed by atoms with Gasteiger partial charge in [-0.2, -0.15) is 16.8 Å². The molecule has 0 radical (unpaired) electrons. The molecule has 0 aliphatic carbocycles. The molecular formula is C14H6F4O9S2. The highest BCUT2D eigenvalue weighted by atomic mass is 32.2. The van der Waals surface area contributed by atoms with Crippen molar-refractivity contribution >= 4 is 32.2 Å². The summed E-state index contributed by atoms with van der Waals surface area (Å²) in [4.78, 5) is 21.0. The number of halogens is 4.